The molecule has 0 atom stereocenters. The number of benzene rings is 7. The van der Waals surface area contributed by atoms with Gasteiger partial charge in [-0.15, -0.1) is 0 Å². The second-order valence-electron chi connectivity index (χ2n) is 11.3. The van der Waals surface area contributed by atoms with Gasteiger partial charge in [0.15, 0.2) is 0 Å². The van der Waals surface area contributed by atoms with Gasteiger partial charge in [-0.2, -0.15) is 0 Å². The van der Waals surface area contributed by atoms with Crippen LogP contribution in [-0.4, -0.2) is 8.97 Å². The molecule has 0 radical (unpaired) electrons. The van der Waals surface area contributed by atoms with E-state index in [2.05, 4.69) is 155 Å². The quantitative estimate of drug-likeness (QED) is 0.209. The summed E-state index contributed by atoms with van der Waals surface area (Å²) in [6.45, 7) is 0. The van der Waals surface area contributed by atoms with Crippen LogP contribution in [0.4, 0.5) is 0 Å². The Morgan fingerprint density at radius 2 is 1.00 bits per heavy atom. The Kier molecular flexibility index (Phi) is 4.21. The van der Waals surface area contributed by atoms with E-state index in [0.29, 0.717) is 0 Å². The summed E-state index contributed by atoms with van der Waals surface area (Å²) in [5, 5.41) is 10.3. The summed E-state index contributed by atoms with van der Waals surface area (Å²) in [5.41, 5.74) is 9.97. The molecule has 3 aromatic heterocycles. The number of aromatic nitrogens is 2. The molecule has 2 heteroatoms. The molecule has 10 rings (SSSR count). The molecule has 0 N–H and O–H groups in total. The third kappa shape index (κ3) is 2.74. The molecule has 3 heterocycles. The van der Waals surface area contributed by atoms with Crippen LogP contribution in [0.25, 0.3) is 87.5 Å². The van der Waals surface area contributed by atoms with Crippen molar-refractivity contribution in [2.75, 3.05) is 0 Å². The molecule has 0 fully saturated rings. The van der Waals surface area contributed by atoms with E-state index in [-0.39, 0.29) is 0 Å². The van der Waals surface area contributed by atoms with Gasteiger partial charge in [0.1, 0.15) is 0 Å². The zero-order valence-corrected chi connectivity index (χ0v) is 22.8. The lowest BCUT2D eigenvalue weighted by molar-refractivity contribution is 1.20. The fourth-order valence-corrected chi connectivity index (χ4v) is 7.52. The van der Waals surface area contributed by atoms with Crippen molar-refractivity contribution in [3.05, 3.63) is 146 Å². The minimum Gasteiger partial charge on any atom is -0.309 e. The first kappa shape index (κ1) is 22.1. The Morgan fingerprint density at radius 3 is 1.90 bits per heavy atom. The van der Waals surface area contributed by atoms with Crippen LogP contribution in [0.5, 0.6) is 0 Å². The minimum absolute atomic E-state index is 1.22. The number of fused-ring (bicyclic) bond motifs is 10. The first-order valence-electron chi connectivity index (χ1n) is 14.5. The molecule has 0 saturated carbocycles. The second kappa shape index (κ2) is 7.99. The highest BCUT2D eigenvalue weighted by Crippen LogP contribution is 2.43. The van der Waals surface area contributed by atoms with Crippen molar-refractivity contribution in [1.82, 2.24) is 8.97 Å². The SMILES string of the molecule is c1ccc2c(-c3ccc4c5ccccc5n(-c5cccc6c5c5cccc7c8ccccc8n6c75)c4c3)cccc2c1. The molecule has 0 unspecified atom stereocenters. The van der Waals surface area contributed by atoms with Crippen LogP contribution in [0.3, 0.4) is 0 Å². The van der Waals surface area contributed by atoms with Crippen molar-refractivity contribution in [3.8, 4) is 16.8 Å². The molecule has 0 amide bonds. The van der Waals surface area contributed by atoms with Crippen LogP contribution in [-0.2, 0) is 0 Å². The number of hydrogen-bond donors (Lipinski definition) is 0. The predicted molar refractivity (Wildman–Crippen MR) is 178 cm³/mol. The van der Waals surface area contributed by atoms with Gasteiger partial charge in [0, 0.05) is 32.3 Å². The topological polar surface area (TPSA) is 9.34 Å². The summed E-state index contributed by atoms with van der Waals surface area (Å²) in [4.78, 5) is 0. The first-order valence-corrected chi connectivity index (χ1v) is 14.5. The minimum atomic E-state index is 1.22. The summed E-state index contributed by atoms with van der Waals surface area (Å²) < 4.78 is 4.96. The van der Waals surface area contributed by atoms with Gasteiger partial charge in [-0.1, -0.05) is 115 Å². The van der Waals surface area contributed by atoms with E-state index in [1.165, 1.54) is 87.5 Å². The molecule has 2 nitrogen and oxygen atoms in total. The molecule has 0 aliphatic heterocycles. The van der Waals surface area contributed by atoms with Gasteiger partial charge in [-0.25, -0.2) is 0 Å². The van der Waals surface area contributed by atoms with Crippen molar-refractivity contribution in [1.29, 1.82) is 0 Å². The normalized spacial score (nSPS) is 12.3. The molecular formula is C40H24N2. The van der Waals surface area contributed by atoms with E-state index >= 15 is 0 Å². The van der Waals surface area contributed by atoms with Crippen molar-refractivity contribution in [2.24, 2.45) is 0 Å². The van der Waals surface area contributed by atoms with Crippen LogP contribution >= 0.6 is 0 Å². The summed E-state index contributed by atoms with van der Waals surface area (Å²) in [6, 6.07) is 53.4. The van der Waals surface area contributed by atoms with Crippen LogP contribution < -0.4 is 0 Å². The lowest BCUT2D eigenvalue weighted by Crippen LogP contribution is -1.95. The average Bonchev–Trinajstić information content (AvgIpc) is 3.69. The molecular weight excluding hydrogens is 508 g/mol. The summed E-state index contributed by atoms with van der Waals surface area (Å²) in [6.07, 6.45) is 0. The van der Waals surface area contributed by atoms with Crippen molar-refractivity contribution < 1.29 is 0 Å². The number of para-hydroxylation sites is 3. The number of rotatable bonds is 2. The molecule has 7 aromatic carbocycles. The van der Waals surface area contributed by atoms with Gasteiger partial charge < -0.3 is 8.97 Å². The van der Waals surface area contributed by atoms with Crippen LogP contribution in [0.2, 0.25) is 0 Å². The maximum absolute atomic E-state index is 2.49. The lowest BCUT2D eigenvalue weighted by atomic mass is 9.97. The summed E-state index contributed by atoms with van der Waals surface area (Å²) in [5.74, 6) is 0. The molecule has 0 aliphatic rings. The van der Waals surface area contributed by atoms with E-state index in [9.17, 15) is 0 Å². The highest BCUT2D eigenvalue weighted by Gasteiger charge is 2.21. The maximum Gasteiger partial charge on any atom is 0.0621 e. The Hall–Kier alpha value is -5.60. The first-order chi connectivity index (χ1) is 20.9. The Balaban J connectivity index is 1.36. The van der Waals surface area contributed by atoms with Crippen molar-refractivity contribution >= 4 is 70.7 Å². The van der Waals surface area contributed by atoms with Crippen LogP contribution in [0.1, 0.15) is 0 Å². The predicted octanol–water partition coefficient (Wildman–Crippen LogP) is 10.8. The highest BCUT2D eigenvalue weighted by atomic mass is 15.0. The van der Waals surface area contributed by atoms with E-state index in [4.69, 9.17) is 0 Å². The molecule has 42 heavy (non-hydrogen) atoms. The van der Waals surface area contributed by atoms with Gasteiger partial charge in [-0.05, 0) is 52.2 Å². The van der Waals surface area contributed by atoms with E-state index in [1.54, 1.807) is 0 Å². The van der Waals surface area contributed by atoms with E-state index < -0.39 is 0 Å². The Labute approximate surface area is 241 Å². The molecule has 0 spiro atoms. The average molecular weight is 533 g/mol. The Bertz CT molecular complexity index is 2680. The third-order valence-electron chi connectivity index (χ3n) is 9.24. The van der Waals surface area contributed by atoms with Gasteiger partial charge >= 0.3 is 0 Å². The molecule has 10 aromatic rings. The highest BCUT2D eigenvalue weighted by molar-refractivity contribution is 6.25. The lowest BCUT2D eigenvalue weighted by Gasteiger charge is -2.12. The molecule has 0 bridgehead atoms. The van der Waals surface area contributed by atoms with Crippen molar-refractivity contribution in [3.63, 3.8) is 0 Å². The van der Waals surface area contributed by atoms with Gasteiger partial charge in [0.25, 0.3) is 0 Å². The molecule has 0 aliphatic carbocycles. The number of hydrogen-bond acceptors (Lipinski definition) is 0. The summed E-state index contributed by atoms with van der Waals surface area (Å²) >= 11 is 0. The van der Waals surface area contributed by atoms with Gasteiger partial charge in [0.2, 0.25) is 0 Å². The van der Waals surface area contributed by atoms with Crippen LogP contribution in [0, 0.1) is 0 Å². The Morgan fingerprint density at radius 1 is 0.381 bits per heavy atom. The fraction of sp³-hybridized carbons (Fsp3) is 0. The third-order valence-corrected chi connectivity index (χ3v) is 9.24. The fourth-order valence-electron chi connectivity index (χ4n) is 7.52. The van der Waals surface area contributed by atoms with E-state index in [1.807, 2.05) is 0 Å². The monoisotopic (exact) mass is 532 g/mol. The zero-order valence-electron chi connectivity index (χ0n) is 22.8. The summed E-state index contributed by atoms with van der Waals surface area (Å²) in [7, 11) is 0. The van der Waals surface area contributed by atoms with Crippen LogP contribution in [0.15, 0.2) is 146 Å². The molecule has 0 saturated heterocycles. The van der Waals surface area contributed by atoms with Gasteiger partial charge in [0.05, 0.1) is 33.3 Å². The zero-order chi connectivity index (χ0) is 27.4. The van der Waals surface area contributed by atoms with Gasteiger partial charge in [-0.3, -0.25) is 0 Å². The standard InChI is InChI=1S/C40H24N2/c1-2-12-27-25(10-1)11-7-15-28(27)26-22-23-31-29-13-3-5-18-34(29)41(38(31)24-26)36-20-9-21-37-39(36)33-17-8-16-32-30-14-4-6-19-35(30)42(37)40(32)33/h1-24H. The van der Waals surface area contributed by atoms with Crippen molar-refractivity contribution in [2.45, 2.75) is 0 Å². The largest absolute Gasteiger partial charge is 0.309 e. The molecule has 194 valence electrons. The smallest absolute Gasteiger partial charge is 0.0621 e. The second-order valence-corrected chi connectivity index (χ2v) is 11.3. The van der Waals surface area contributed by atoms with E-state index in [0.717, 1.165) is 0 Å². The number of nitrogens with zero attached hydrogens (tertiary/aromatic N) is 2. The maximum atomic E-state index is 2.49.